The summed E-state index contributed by atoms with van der Waals surface area (Å²) in [6, 6.07) is 10.3. The molecule has 0 bridgehead atoms. The van der Waals surface area contributed by atoms with Crippen LogP contribution in [0.1, 0.15) is 31.2 Å². The van der Waals surface area contributed by atoms with Crippen LogP contribution < -0.4 is 0 Å². The Morgan fingerprint density at radius 3 is 2.73 bits per heavy atom. The van der Waals surface area contributed by atoms with E-state index in [0.717, 1.165) is 17.9 Å². The van der Waals surface area contributed by atoms with Crippen LogP contribution in [0.3, 0.4) is 0 Å². The fraction of sp³-hybridized carbons (Fsp3) is 0.588. The molecule has 0 radical (unpaired) electrons. The van der Waals surface area contributed by atoms with E-state index < -0.39 is 5.60 Å². The van der Waals surface area contributed by atoms with Gasteiger partial charge in [0.2, 0.25) is 5.91 Å². The Labute approximate surface area is 136 Å². The molecule has 1 amide bonds. The number of likely N-dealkylation sites (tertiary alicyclic amines) is 1. The summed E-state index contributed by atoms with van der Waals surface area (Å²) >= 11 is 1.77. The number of hydrogen-bond donors (Lipinski definition) is 2. The molecule has 1 atom stereocenters. The van der Waals surface area contributed by atoms with Gasteiger partial charge >= 0.3 is 0 Å². The highest BCUT2D eigenvalue weighted by molar-refractivity contribution is 7.98. The maximum Gasteiger partial charge on any atom is 0.223 e. The van der Waals surface area contributed by atoms with Crippen molar-refractivity contribution in [1.82, 2.24) is 4.90 Å². The van der Waals surface area contributed by atoms with Crippen LogP contribution in [0.25, 0.3) is 0 Å². The van der Waals surface area contributed by atoms with E-state index in [1.165, 1.54) is 5.56 Å². The molecule has 122 valence electrons. The number of thioether (sulfide) groups is 1. The van der Waals surface area contributed by atoms with Crippen molar-refractivity contribution < 1.29 is 15.0 Å². The maximum atomic E-state index is 12.2. The predicted molar refractivity (Wildman–Crippen MR) is 89.7 cm³/mol. The summed E-state index contributed by atoms with van der Waals surface area (Å²) in [4.78, 5) is 14.1. The van der Waals surface area contributed by atoms with Crippen LogP contribution in [0.5, 0.6) is 0 Å². The summed E-state index contributed by atoms with van der Waals surface area (Å²) < 4.78 is 0. The van der Waals surface area contributed by atoms with Crippen molar-refractivity contribution in [3.05, 3.63) is 35.9 Å². The number of rotatable bonds is 6. The number of nitrogens with zero attached hydrogens (tertiary/aromatic N) is 1. The van der Waals surface area contributed by atoms with Gasteiger partial charge in [-0.1, -0.05) is 30.3 Å². The minimum atomic E-state index is -1.00. The molecule has 1 aliphatic rings. The molecule has 2 rings (SSSR count). The third-order valence-electron chi connectivity index (χ3n) is 4.14. The van der Waals surface area contributed by atoms with Gasteiger partial charge in [-0.15, -0.1) is 0 Å². The van der Waals surface area contributed by atoms with Gasteiger partial charge in [0.25, 0.3) is 0 Å². The van der Waals surface area contributed by atoms with E-state index in [4.69, 9.17) is 0 Å². The van der Waals surface area contributed by atoms with Crippen molar-refractivity contribution in [2.45, 2.75) is 37.0 Å². The zero-order valence-electron chi connectivity index (χ0n) is 12.9. The van der Waals surface area contributed by atoms with E-state index in [0.29, 0.717) is 32.4 Å². The number of carbonyl (C=O) groups is 1. The molecule has 4 nitrogen and oxygen atoms in total. The molecule has 1 aromatic rings. The number of aliphatic hydroxyl groups excluding tert-OH is 1. The quantitative estimate of drug-likeness (QED) is 0.787. The molecule has 1 fully saturated rings. The van der Waals surface area contributed by atoms with E-state index in [9.17, 15) is 15.0 Å². The number of carbonyl (C=O) groups excluding carboxylic acids is 1. The summed E-state index contributed by atoms with van der Waals surface area (Å²) in [6.07, 6.45) is 2.32. The van der Waals surface area contributed by atoms with Crippen LogP contribution >= 0.6 is 11.8 Å². The van der Waals surface area contributed by atoms with Gasteiger partial charge < -0.3 is 15.1 Å². The molecular formula is C17H25NO3S. The normalized spacial score (nSPS) is 22.4. The zero-order chi connectivity index (χ0) is 15.8. The van der Waals surface area contributed by atoms with Crippen molar-refractivity contribution >= 4 is 17.7 Å². The summed E-state index contributed by atoms with van der Waals surface area (Å²) in [5.74, 6) is 1.90. The Bertz CT molecular complexity index is 468. The molecule has 0 saturated carbocycles. The molecule has 1 aliphatic heterocycles. The van der Waals surface area contributed by atoms with Gasteiger partial charge in [-0.05, 0) is 24.8 Å². The van der Waals surface area contributed by atoms with E-state index in [-0.39, 0.29) is 12.5 Å². The standard InChI is InChI=1S/C17H25NO3S/c19-14-17(21)8-4-10-18(11-9-17)16(20)7-12-22-13-15-5-2-1-3-6-15/h1-3,5-6,19,21H,4,7-14H2. The van der Waals surface area contributed by atoms with Crippen LogP contribution in [0.4, 0.5) is 0 Å². The van der Waals surface area contributed by atoms with Gasteiger partial charge in [-0.25, -0.2) is 0 Å². The molecule has 0 spiro atoms. The highest BCUT2D eigenvalue weighted by atomic mass is 32.2. The summed E-state index contributed by atoms with van der Waals surface area (Å²) in [6.45, 7) is 1.01. The Kier molecular flexibility index (Phi) is 6.73. The third-order valence-corrected chi connectivity index (χ3v) is 5.17. The number of aliphatic hydroxyl groups is 2. The second kappa shape index (κ2) is 8.56. The maximum absolute atomic E-state index is 12.2. The average molecular weight is 323 g/mol. The van der Waals surface area contributed by atoms with Gasteiger partial charge in [0.15, 0.2) is 0 Å². The smallest absolute Gasteiger partial charge is 0.223 e. The van der Waals surface area contributed by atoms with Gasteiger partial charge in [-0.3, -0.25) is 4.79 Å². The van der Waals surface area contributed by atoms with Crippen LogP contribution in [0.2, 0.25) is 0 Å². The van der Waals surface area contributed by atoms with Gasteiger partial charge in [0, 0.05) is 31.0 Å². The average Bonchev–Trinajstić information content (AvgIpc) is 2.75. The molecule has 1 heterocycles. The fourth-order valence-corrected chi connectivity index (χ4v) is 3.56. The lowest BCUT2D eigenvalue weighted by Crippen LogP contribution is -2.36. The molecule has 0 aliphatic carbocycles. The van der Waals surface area contributed by atoms with Crippen LogP contribution in [-0.4, -0.2) is 52.1 Å². The highest BCUT2D eigenvalue weighted by Crippen LogP contribution is 2.22. The molecule has 5 heteroatoms. The first-order valence-electron chi connectivity index (χ1n) is 7.86. The van der Waals surface area contributed by atoms with Gasteiger partial charge in [-0.2, -0.15) is 11.8 Å². The third kappa shape index (κ3) is 5.30. The van der Waals surface area contributed by atoms with E-state index in [1.54, 1.807) is 11.8 Å². The number of amides is 1. The molecule has 1 unspecified atom stereocenters. The molecular weight excluding hydrogens is 298 g/mol. The van der Waals surface area contributed by atoms with Gasteiger partial charge in [0.1, 0.15) is 0 Å². The minimum Gasteiger partial charge on any atom is -0.393 e. The zero-order valence-corrected chi connectivity index (χ0v) is 13.7. The molecule has 0 aromatic heterocycles. The highest BCUT2D eigenvalue weighted by Gasteiger charge is 2.30. The van der Waals surface area contributed by atoms with E-state index in [1.807, 2.05) is 23.1 Å². The van der Waals surface area contributed by atoms with E-state index in [2.05, 4.69) is 12.1 Å². The molecule has 22 heavy (non-hydrogen) atoms. The van der Waals surface area contributed by atoms with Crippen molar-refractivity contribution in [2.24, 2.45) is 0 Å². The number of benzene rings is 1. The molecule has 2 N–H and O–H groups in total. The summed E-state index contributed by atoms with van der Waals surface area (Å²) in [5, 5.41) is 19.3. The monoisotopic (exact) mass is 323 g/mol. The molecule has 1 saturated heterocycles. The second-order valence-electron chi connectivity index (χ2n) is 5.90. The predicted octanol–water partition coefficient (Wildman–Crippen LogP) is 2.05. The Morgan fingerprint density at radius 2 is 2.00 bits per heavy atom. The first-order valence-corrected chi connectivity index (χ1v) is 9.01. The lowest BCUT2D eigenvalue weighted by molar-refractivity contribution is -0.130. The van der Waals surface area contributed by atoms with Crippen LogP contribution in [0.15, 0.2) is 30.3 Å². The first-order chi connectivity index (χ1) is 10.6. The van der Waals surface area contributed by atoms with Crippen molar-refractivity contribution in [3.63, 3.8) is 0 Å². The largest absolute Gasteiger partial charge is 0.393 e. The minimum absolute atomic E-state index is 0.155. The lowest BCUT2D eigenvalue weighted by atomic mass is 9.96. The summed E-state index contributed by atoms with van der Waals surface area (Å²) in [7, 11) is 0. The van der Waals surface area contributed by atoms with Crippen LogP contribution in [-0.2, 0) is 10.5 Å². The van der Waals surface area contributed by atoms with Crippen molar-refractivity contribution in [2.75, 3.05) is 25.4 Å². The first kappa shape index (κ1) is 17.3. The molecule has 1 aromatic carbocycles. The Balaban J connectivity index is 1.69. The second-order valence-corrected chi connectivity index (χ2v) is 7.01. The Hall–Kier alpha value is -1.04. The lowest BCUT2D eigenvalue weighted by Gasteiger charge is -2.24. The van der Waals surface area contributed by atoms with Crippen molar-refractivity contribution in [1.29, 1.82) is 0 Å². The van der Waals surface area contributed by atoms with Gasteiger partial charge in [0.05, 0.1) is 12.2 Å². The topological polar surface area (TPSA) is 60.8 Å². The fourth-order valence-electron chi connectivity index (χ4n) is 2.67. The Morgan fingerprint density at radius 1 is 1.23 bits per heavy atom. The van der Waals surface area contributed by atoms with Crippen molar-refractivity contribution in [3.8, 4) is 0 Å². The van der Waals surface area contributed by atoms with Crippen LogP contribution in [0, 0.1) is 0 Å². The van der Waals surface area contributed by atoms with E-state index >= 15 is 0 Å². The number of hydrogen-bond acceptors (Lipinski definition) is 4. The summed E-state index contributed by atoms with van der Waals surface area (Å²) in [5.41, 5.74) is 0.277. The SMILES string of the molecule is O=C(CCSCc1ccccc1)N1CCCC(O)(CO)CC1.